The number of methoxy groups -OCH3 is 1. The van der Waals surface area contributed by atoms with E-state index in [0.717, 1.165) is 34.7 Å². The zero-order chi connectivity index (χ0) is 33.7. The van der Waals surface area contributed by atoms with Crippen molar-refractivity contribution >= 4 is 44.0 Å². The molecular weight excluding hydrogens is 678 g/mol. The molecule has 2 atom stereocenters. The first-order chi connectivity index (χ1) is 23.0. The molecule has 7 rings (SSSR count). The molecule has 0 spiro atoms. The van der Waals surface area contributed by atoms with Crippen molar-refractivity contribution in [1.29, 1.82) is 0 Å². The average molecular weight is 715 g/mol. The summed E-state index contributed by atoms with van der Waals surface area (Å²) in [4.78, 5) is 12.1. The molecule has 0 radical (unpaired) electrons. The molecule has 0 amide bonds. The fraction of sp³-hybridized carbons (Fsp3) is 0.429. The molecule has 13 heteroatoms. The van der Waals surface area contributed by atoms with Gasteiger partial charge in [-0.3, -0.25) is 4.90 Å². The van der Waals surface area contributed by atoms with E-state index in [1.165, 1.54) is 33.6 Å². The maximum absolute atomic E-state index is 15.6. The number of rotatable bonds is 10. The van der Waals surface area contributed by atoms with Crippen LogP contribution in [-0.4, -0.2) is 65.2 Å². The lowest BCUT2D eigenvalue weighted by molar-refractivity contribution is -0.171. The first kappa shape index (κ1) is 33.5. The van der Waals surface area contributed by atoms with Crippen LogP contribution in [0.2, 0.25) is 0 Å². The highest BCUT2D eigenvalue weighted by Gasteiger charge is 2.48. The lowest BCUT2D eigenvalue weighted by Crippen LogP contribution is -2.43. The first-order valence-electron chi connectivity index (χ1n) is 16.1. The molecule has 4 heterocycles. The highest BCUT2D eigenvalue weighted by molar-refractivity contribution is 7.91. The van der Waals surface area contributed by atoms with Crippen LogP contribution in [-0.2, 0) is 31.6 Å². The number of halogens is 3. The lowest BCUT2D eigenvalue weighted by Gasteiger charge is -2.39. The number of likely N-dealkylation sites (tertiary alicyclic amines) is 1. The molecule has 0 N–H and O–H groups in total. The fourth-order valence-corrected chi connectivity index (χ4v) is 10.3. The van der Waals surface area contributed by atoms with Gasteiger partial charge in [-0.25, -0.2) is 31.1 Å². The number of thiazole rings is 1. The molecular formula is C35H37ClF2N4O4S2. The van der Waals surface area contributed by atoms with Gasteiger partial charge in [0.15, 0.2) is 5.65 Å². The Hall–Kier alpha value is -3.00. The molecule has 1 aliphatic heterocycles. The number of benzene rings is 1. The summed E-state index contributed by atoms with van der Waals surface area (Å²) in [6, 6.07) is 8.48. The van der Waals surface area contributed by atoms with Crippen molar-refractivity contribution < 1.29 is 26.7 Å². The second-order valence-corrected chi connectivity index (χ2v) is 16.7. The summed E-state index contributed by atoms with van der Waals surface area (Å²) in [5, 5.41) is 1.80. The van der Waals surface area contributed by atoms with E-state index in [-0.39, 0.29) is 17.5 Å². The van der Waals surface area contributed by atoms with E-state index in [4.69, 9.17) is 26.1 Å². The van der Waals surface area contributed by atoms with Crippen molar-refractivity contribution in [3.05, 3.63) is 94.1 Å². The number of aromatic nitrogens is 3. The van der Waals surface area contributed by atoms with E-state index >= 15 is 4.39 Å². The van der Waals surface area contributed by atoms with Gasteiger partial charge in [0, 0.05) is 72.8 Å². The maximum atomic E-state index is 15.6. The standard InChI is InChI=1S/C35H37ClF2N4O4S2/c1-34(19-25(36)6-7-29(34)23-4-5-24(30(38)18-23)21-41-15-9-26(37)10-16-41)48(43,44)42-17-11-28-27(8-14-39-32(28)42)31-20-40-33(47-31)35(12-3-13-35)46-22-45-2/h4-8,11,14,17-20,26,29H,3,9-10,12-13,15-16,21-22H2,1-2H3. The number of hydrogen-bond acceptors (Lipinski definition) is 8. The Morgan fingerprint density at radius 2 is 1.94 bits per heavy atom. The third kappa shape index (κ3) is 5.84. The summed E-state index contributed by atoms with van der Waals surface area (Å²) in [5.74, 6) is -1.17. The van der Waals surface area contributed by atoms with E-state index in [2.05, 4.69) is 4.98 Å². The Morgan fingerprint density at radius 3 is 2.65 bits per heavy atom. The smallest absolute Gasteiger partial charge is 0.250 e. The fourth-order valence-electron chi connectivity index (χ4n) is 6.99. The van der Waals surface area contributed by atoms with E-state index in [0.29, 0.717) is 49.0 Å². The summed E-state index contributed by atoms with van der Waals surface area (Å²) >= 11 is 7.98. The summed E-state index contributed by atoms with van der Waals surface area (Å²) in [6.07, 6.45) is 12.6. The van der Waals surface area contributed by atoms with Crippen LogP contribution in [0.5, 0.6) is 0 Å². The van der Waals surface area contributed by atoms with E-state index < -0.39 is 38.3 Å². The third-order valence-electron chi connectivity index (χ3n) is 9.98. The molecule has 4 aromatic rings. The van der Waals surface area contributed by atoms with Gasteiger partial charge in [0.1, 0.15) is 34.1 Å². The van der Waals surface area contributed by atoms with Gasteiger partial charge in [0.2, 0.25) is 10.0 Å². The van der Waals surface area contributed by atoms with Gasteiger partial charge in [0.25, 0.3) is 0 Å². The Bertz CT molecular complexity index is 2000. The van der Waals surface area contributed by atoms with Crippen LogP contribution in [0, 0.1) is 5.82 Å². The zero-order valence-electron chi connectivity index (χ0n) is 26.7. The van der Waals surface area contributed by atoms with Gasteiger partial charge in [-0.2, -0.15) is 0 Å². The minimum atomic E-state index is -4.22. The number of pyridine rings is 1. The van der Waals surface area contributed by atoms with E-state index in [9.17, 15) is 12.8 Å². The molecule has 1 aromatic carbocycles. The minimum absolute atomic E-state index is 0.180. The Balaban J connectivity index is 1.21. The summed E-state index contributed by atoms with van der Waals surface area (Å²) < 4.78 is 69.4. The number of nitrogens with zero attached hydrogens (tertiary/aromatic N) is 4. The van der Waals surface area contributed by atoms with Crippen LogP contribution >= 0.6 is 22.9 Å². The number of piperidine rings is 1. The van der Waals surface area contributed by atoms with Gasteiger partial charge < -0.3 is 9.47 Å². The Morgan fingerprint density at radius 1 is 1.15 bits per heavy atom. The molecule has 3 aliphatic rings. The van der Waals surface area contributed by atoms with Crippen molar-refractivity contribution in [2.75, 3.05) is 27.0 Å². The molecule has 2 aliphatic carbocycles. The van der Waals surface area contributed by atoms with E-state index in [1.807, 2.05) is 11.0 Å². The third-order valence-corrected chi connectivity index (χ3v) is 13.7. The lowest BCUT2D eigenvalue weighted by atomic mass is 9.80. The number of ether oxygens (including phenoxy) is 2. The molecule has 2 unspecified atom stereocenters. The van der Waals surface area contributed by atoms with Crippen molar-refractivity contribution in [3.8, 4) is 10.4 Å². The van der Waals surface area contributed by atoms with Crippen LogP contribution in [0.3, 0.4) is 0 Å². The van der Waals surface area contributed by atoms with Crippen LogP contribution in [0.4, 0.5) is 8.78 Å². The molecule has 1 saturated heterocycles. The molecule has 48 heavy (non-hydrogen) atoms. The van der Waals surface area contributed by atoms with Gasteiger partial charge in [0.05, 0.1) is 4.88 Å². The van der Waals surface area contributed by atoms with Gasteiger partial charge in [-0.05, 0) is 74.9 Å². The zero-order valence-corrected chi connectivity index (χ0v) is 29.1. The first-order valence-corrected chi connectivity index (χ1v) is 18.7. The molecule has 8 nitrogen and oxygen atoms in total. The van der Waals surface area contributed by atoms with Crippen molar-refractivity contribution in [1.82, 2.24) is 18.8 Å². The Kier molecular flexibility index (Phi) is 9.10. The molecule has 1 saturated carbocycles. The molecule has 3 aromatic heterocycles. The molecule has 0 bridgehead atoms. The molecule has 2 fully saturated rings. The van der Waals surface area contributed by atoms with Crippen LogP contribution in [0.15, 0.2) is 72.2 Å². The van der Waals surface area contributed by atoms with Gasteiger partial charge >= 0.3 is 0 Å². The molecule has 254 valence electrons. The number of allylic oxidation sites excluding steroid dienone is 3. The predicted molar refractivity (Wildman–Crippen MR) is 184 cm³/mol. The van der Waals surface area contributed by atoms with Crippen LogP contribution in [0.25, 0.3) is 21.5 Å². The normalized spacial score (nSPS) is 23.4. The quantitative estimate of drug-likeness (QED) is 0.156. The van der Waals surface area contributed by atoms with Gasteiger partial charge in [-0.1, -0.05) is 29.8 Å². The highest BCUT2D eigenvalue weighted by atomic mass is 35.5. The van der Waals surface area contributed by atoms with Gasteiger partial charge in [-0.15, -0.1) is 11.3 Å². The monoisotopic (exact) mass is 714 g/mol. The number of hydrogen-bond donors (Lipinski definition) is 0. The van der Waals surface area contributed by atoms with Crippen LogP contribution < -0.4 is 0 Å². The van der Waals surface area contributed by atoms with E-state index in [1.54, 1.807) is 56.8 Å². The summed E-state index contributed by atoms with van der Waals surface area (Å²) in [6.45, 7) is 3.30. The Labute approximate surface area is 288 Å². The average Bonchev–Trinajstić information content (AvgIpc) is 3.71. The topological polar surface area (TPSA) is 86.5 Å². The second kappa shape index (κ2) is 13.0. The number of fused-ring (bicyclic) bond motifs is 1. The largest absolute Gasteiger partial charge is 0.359 e. The predicted octanol–water partition coefficient (Wildman–Crippen LogP) is 7.65. The van der Waals surface area contributed by atoms with Crippen molar-refractivity contribution in [2.45, 2.75) is 68.0 Å². The SMILES string of the molecule is COCOC1(c2ncc(-c3ccnc4c3ccn4S(=O)(=O)C3(C)C=C(Cl)C=CC3c3ccc(CN4CCC(F)CC4)c(F)c3)s2)CCC1. The summed E-state index contributed by atoms with van der Waals surface area (Å²) in [7, 11) is -2.62. The van der Waals surface area contributed by atoms with Crippen LogP contribution in [0.1, 0.15) is 61.1 Å². The number of alkyl halides is 1. The maximum Gasteiger partial charge on any atom is 0.250 e. The summed E-state index contributed by atoms with van der Waals surface area (Å²) in [5.41, 5.74) is 1.61. The second-order valence-electron chi connectivity index (χ2n) is 13.0. The highest BCUT2D eigenvalue weighted by Crippen LogP contribution is 2.48. The minimum Gasteiger partial charge on any atom is -0.359 e. The van der Waals surface area contributed by atoms with Crippen molar-refractivity contribution in [2.24, 2.45) is 0 Å². The van der Waals surface area contributed by atoms with Crippen molar-refractivity contribution in [3.63, 3.8) is 0 Å².